The molecule has 1 aliphatic carbocycles. The fourth-order valence-corrected chi connectivity index (χ4v) is 2.90. The van der Waals surface area contributed by atoms with Crippen molar-refractivity contribution in [2.75, 3.05) is 0 Å². The van der Waals surface area contributed by atoms with Crippen molar-refractivity contribution >= 4 is 27.5 Å². The highest BCUT2D eigenvalue weighted by molar-refractivity contribution is 9.10. The number of hydrogen-bond donors (Lipinski definition) is 1. The van der Waals surface area contributed by atoms with Gasteiger partial charge in [-0.25, -0.2) is 0 Å². The van der Waals surface area contributed by atoms with Crippen LogP contribution in [0, 0.1) is 0 Å². The van der Waals surface area contributed by atoms with Crippen molar-refractivity contribution in [3.8, 4) is 0 Å². The van der Waals surface area contributed by atoms with E-state index < -0.39 is 0 Å². The third-order valence-electron chi connectivity index (χ3n) is 2.54. The van der Waals surface area contributed by atoms with Crippen molar-refractivity contribution in [3.05, 3.63) is 32.8 Å². The van der Waals surface area contributed by atoms with Crippen LogP contribution in [0.3, 0.4) is 0 Å². The predicted molar refractivity (Wildman–Crippen MR) is 59.0 cm³/mol. The molecule has 1 aromatic rings. The van der Waals surface area contributed by atoms with Crippen LogP contribution in [0.2, 0.25) is 5.02 Å². The fourth-order valence-electron chi connectivity index (χ4n) is 1.87. The van der Waals surface area contributed by atoms with E-state index in [0.717, 1.165) is 22.3 Å². The van der Waals surface area contributed by atoms with E-state index >= 15 is 0 Å². The summed E-state index contributed by atoms with van der Waals surface area (Å²) in [6.45, 7) is 0. The van der Waals surface area contributed by atoms with Crippen LogP contribution in [0.1, 0.15) is 30.0 Å². The highest BCUT2D eigenvalue weighted by Crippen LogP contribution is 2.35. The van der Waals surface area contributed by atoms with Crippen LogP contribution in [0.5, 0.6) is 0 Å². The quantitative estimate of drug-likeness (QED) is 0.760. The van der Waals surface area contributed by atoms with Gasteiger partial charge in [-0.3, -0.25) is 0 Å². The molecule has 2 N–H and O–H groups in total. The topological polar surface area (TPSA) is 26.0 Å². The lowest BCUT2D eigenvalue weighted by Crippen LogP contribution is -2.17. The molecule has 0 heterocycles. The largest absolute Gasteiger partial charge is 0.324 e. The number of fused-ring (bicyclic) bond motifs is 1. The van der Waals surface area contributed by atoms with Crippen molar-refractivity contribution in [1.29, 1.82) is 0 Å². The van der Waals surface area contributed by atoms with Gasteiger partial charge in [0.1, 0.15) is 0 Å². The molecule has 0 spiro atoms. The Morgan fingerprint density at radius 2 is 2.23 bits per heavy atom. The summed E-state index contributed by atoms with van der Waals surface area (Å²) in [6.07, 6.45) is 3.36. The van der Waals surface area contributed by atoms with Gasteiger partial charge in [0, 0.05) is 15.5 Å². The highest BCUT2D eigenvalue weighted by atomic mass is 79.9. The normalized spacial score (nSPS) is 21.3. The van der Waals surface area contributed by atoms with E-state index in [2.05, 4.69) is 15.9 Å². The minimum atomic E-state index is 0.166. The summed E-state index contributed by atoms with van der Waals surface area (Å²) < 4.78 is 1.10. The predicted octanol–water partition coefficient (Wildman–Crippen LogP) is 3.44. The van der Waals surface area contributed by atoms with Crippen LogP contribution in [0.4, 0.5) is 0 Å². The van der Waals surface area contributed by atoms with Crippen LogP contribution in [-0.2, 0) is 6.42 Å². The van der Waals surface area contributed by atoms with Gasteiger partial charge in [-0.1, -0.05) is 27.5 Å². The van der Waals surface area contributed by atoms with E-state index in [0.29, 0.717) is 0 Å². The Kier molecular flexibility index (Phi) is 2.63. The summed E-state index contributed by atoms with van der Waals surface area (Å²) in [5.74, 6) is 0. The minimum absolute atomic E-state index is 0.166. The third kappa shape index (κ3) is 1.76. The van der Waals surface area contributed by atoms with E-state index in [1.165, 1.54) is 17.5 Å². The zero-order valence-corrected chi connectivity index (χ0v) is 9.53. The Morgan fingerprint density at radius 3 is 3.00 bits per heavy atom. The first-order valence-electron chi connectivity index (χ1n) is 4.42. The Balaban J connectivity index is 2.56. The monoisotopic (exact) mass is 259 g/mol. The Morgan fingerprint density at radius 1 is 1.46 bits per heavy atom. The van der Waals surface area contributed by atoms with Crippen molar-refractivity contribution in [2.45, 2.75) is 25.3 Å². The Hall–Kier alpha value is -0.0500. The molecule has 0 fully saturated rings. The first-order chi connectivity index (χ1) is 6.18. The second kappa shape index (κ2) is 3.60. The van der Waals surface area contributed by atoms with Gasteiger partial charge in [-0.15, -0.1) is 0 Å². The Labute approximate surface area is 91.4 Å². The molecule has 3 heteroatoms. The zero-order chi connectivity index (χ0) is 9.42. The van der Waals surface area contributed by atoms with Gasteiger partial charge in [0.25, 0.3) is 0 Å². The molecule has 1 atom stereocenters. The van der Waals surface area contributed by atoms with E-state index in [4.69, 9.17) is 17.3 Å². The molecule has 0 radical (unpaired) electrons. The van der Waals surface area contributed by atoms with E-state index in [1.54, 1.807) is 0 Å². The van der Waals surface area contributed by atoms with Gasteiger partial charge in [0.2, 0.25) is 0 Å². The molecule has 1 aliphatic rings. The summed E-state index contributed by atoms with van der Waals surface area (Å²) in [5, 5.41) is 0.767. The molecule has 13 heavy (non-hydrogen) atoms. The first-order valence-corrected chi connectivity index (χ1v) is 5.59. The van der Waals surface area contributed by atoms with Gasteiger partial charge >= 0.3 is 0 Å². The molecule has 0 bridgehead atoms. The van der Waals surface area contributed by atoms with E-state index in [9.17, 15) is 0 Å². The summed E-state index contributed by atoms with van der Waals surface area (Å²) in [4.78, 5) is 0. The lowest BCUT2D eigenvalue weighted by atomic mass is 9.88. The van der Waals surface area contributed by atoms with Gasteiger partial charge in [0.05, 0.1) is 0 Å². The van der Waals surface area contributed by atoms with Crippen molar-refractivity contribution in [1.82, 2.24) is 0 Å². The second-order valence-electron chi connectivity index (χ2n) is 3.45. The van der Waals surface area contributed by atoms with Crippen LogP contribution in [0.15, 0.2) is 16.6 Å². The lowest BCUT2D eigenvalue weighted by molar-refractivity contribution is 0.569. The van der Waals surface area contributed by atoms with Gasteiger partial charge in [-0.2, -0.15) is 0 Å². The summed E-state index contributed by atoms with van der Waals surface area (Å²) in [7, 11) is 0. The molecule has 1 nitrogen and oxygen atoms in total. The SMILES string of the molecule is N[C@@H]1CCCc2c(Br)cc(Cl)cc21. The lowest BCUT2D eigenvalue weighted by Gasteiger charge is -2.23. The van der Waals surface area contributed by atoms with E-state index in [1.807, 2.05) is 12.1 Å². The van der Waals surface area contributed by atoms with Gasteiger partial charge < -0.3 is 5.73 Å². The van der Waals surface area contributed by atoms with Crippen LogP contribution in [0.25, 0.3) is 0 Å². The smallest absolute Gasteiger partial charge is 0.0420 e. The molecule has 0 saturated carbocycles. The number of hydrogen-bond acceptors (Lipinski definition) is 1. The fraction of sp³-hybridized carbons (Fsp3) is 0.400. The van der Waals surface area contributed by atoms with Crippen LogP contribution in [-0.4, -0.2) is 0 Å². The van der Waals surface area contributed by atoms with E-state index in [-0.39, 0.29) is 6.04 Å². The third-order valence-corrected chi connectivity index (χ3v) is 3.46. The maximum atomic E-state index is 6.00. The van der Waals surface area contributed by atoms with Gasteiger partial charge in [0.15, 0.2) is 0 Å². The molecule has 0 amide bonds. The molecule has 0 unspecified atom stereocenters. The molecular weight excluding hydrogens is 249 g/mol. The molecule has 1 aromatic carbocycles. The average molecular weight is 261 g/mol. The molecule has 70 valence electrons. The van der Waals surface area contributed by atoms with Crippen LogP contribution < -0.4 is 5.73 Å². The average Bonchev–Trinajstić information content (AvgIpc) is 2.07. The summed E-state index contributed by atoms with van der Waals surface area (Å²) >= 11 is 9.48. The molecule has 0 saturated heterocycles. The van der Waals surface area contributed by atoms with Gasteiger partial charge in [-0.05, 0) is 42.5 Å². The highest BCUT2D eigenvalue weighted by Gasteiger charge is 2.19. The minimum Gasteiger partial charge on any atom is -0.324 e. The first kappa shape index (κ1) is 9.50. The molecule has 2 rings (SSSR count). The van der Waals surface area contributed by atoms with Crippen LogP contribution >= 0.6 is 27.5 Å². The molecular formula is C10H11BrClN. The van der Waals surface area contributed by atoms with Crippen molar-refractivity contribution in [3.63, 3.8) is 0 Å². The summed E-state index contributed by atoms with van der Waals surface area (Å²) in [6, 6.07) is 4.10. The number of rotatable bonds is 0. The Bertz CT molecular complexity index is 338. The number of benzene rings is 1. The second-order valence-corrected chi connectivity index (χ2v) is 4.74. The standard InChI is InChI=1S/C10H11BrClN/c11-9-5-6(12)4-8-7(9)2-1-3-10(8)13/h4-5,10H,1-3,13H2/t10-/m1/s1. The zero-order valence-electron chi connectivity index (χ0n) is 7.19. The summed E-state index contributed by atoms with van der Waals surface area (Å²) in [5.41, 5.74) is 8.55. The van der Waals surface area contributed by atoms with Crippen molar-refractivity contribution in [2.24, 2.45) is 5.73 Å². The molecule has 0 aromatic heterocycles. The maximum absolute atomic E-state index is 6.00. The molecule has 0 aliphatic heterocycles. The van der Waals surface area contributed by atoms with Crippen molar-refractivity contribution < 1.29 is 0 Å². The maximum Gasteiger partial charge on any atom is 0.0420 e. The number of nitrogens with two attached hydrogens (primary N) is 1. The number of halogens is 2.